The van der Waals surface area contributed by atoms with Gasteiger partial charge in [-0.3, -0.25) is 9.69 Å². The Morgan fingerprint density at radius 3 is 2.56 bits per heavy atom. The summed E-state index contributed by atoms with van der Waals surface area (Å²) in [6.07, 6.45) is 1.78. The lowest BCUT2D eigenvalue weighted by Gasteiger charge is -2.17. The predicted octanol–water partition coefficient (Wildman–Crippen LogP) is 4.59. The fraction of sp³-hybridized carbons (Fsp3) is 0.238. The number of para-hydroxylation sites is 1. The number of hydrogen-bond acceptors (Lipinski definition) is 5. The first-order chi connectivity index (χ1) is 13.2. The molecular weight excluding hydrogens is 360 g/mol. The lowest BCUT2D eigenvalue weighted by atomic mass is 10.1. The van der Waals surface area contributed by atoms with E-state index in [2.05, 4.69) is 4.99 Å². The van der Waals surface area contributed by atoms with Crippen LogP contribution in [0.1, 0.15) is 19.4 Å². The van der Waals surface area contributed by atoms with Gasteiger partial charge < -0.3 is 9.47 Å². The molecule has 0 N–H and O–H groups in total. The van der Waals surface area contributed by atoms with Crippen LogP contribution in [0, 0.1) is 0 Å². The van der Waals surface area contributed by atoms with Crippen molar-refractivity contribution < 1.29 is 14.3 Å². The Morgan fingerprint density at radius 2 is 1.89 bits per heavy atom. The normalized spacial score (nSPS) is 15.2. The largest absolute Gasteiger partial charge is 0.493 e. The molecule has 2 aromatic rings. The highest BCUT2D eigenvalue weighted by Crippen LogP contribution is 2.32. The highest BCUT2D eigenvalue weighted by atomic mass is 32.2. The Morgan fingerprint density at radius 1 is 1.11 bits per heavy atom. The maximum absolute atomic E-state index is 13.0. The second-order valence-corrected chi connectivity index (χ2v) is 6.91. The van der Waals surface area contributed by atoms with E-state index < -0.39 is 0 Å². The summed E-state index contributed by atoms with van der Waals surface area (Å²) < 4.78 is 10.9. The number of nitrogens with zero attached hydrogens (tertiary/aromatic N) is 2. The van der Waals surface area contributed by atoms with Crippen LogP contribution in [0.4, 0.5) is 5.69 Å². The lowest BCUT2D eigenvalue weighted by molar-refractivity contribution is -0.113. The first-order valence-electron chi connectivity index (χ1n) is 8.81. The van der Waals surface area contributed by atoms with Crippen LogP contribution in [0.5, 0.6) is 11.5 Å². The first-order valence-corrected chi connectivity index (χ1v) is 9.80. The van der Waals surface area contributed by atoms with Crippen molar-refractivity contribution in [1.29, 1.82) is 0 Å². The second-order valence-electron chi connectivity index (χ2n) is 5.68. The van der Waals surface area contributed by atoms with E-state index in [0.717, 1.165) is 17.0 Å². The second kappa shape index (κ2) is 8.77. The summed E-state index contributed by atoms with van der Waals surface area (Å²) in [5, 5.41) is 0.692. The minimum Gasteiger partial charge on any atom is -0.493 e. The fourth-order valence-corrected chi connectivity index (χ4v) is 3.47. The van der Waals surface area contributed by atoms with E-state index in [9.17, 15) is 4.79 Å². The average molecular weight is 382 g/mol. The minimum absolute atomic E-state index is 0.134. The summed E-state index contributed by atoms with van der Waals surface area (Å²) >= 11 is 1.55. The van der Waals surface area contributed by atoms with Crippen molar-refractivity contribution in [2.75, 3.05) is 24.4 Å². The molecule has 27 heavy (non-hydrogen) atoms. The summed E-state index contributed by atoms with van der Waals surface area (Å²) in [6, 6.07) is 15.1. The molecule has 0 fully saturated rings. The van der Waals surface area contributed by atoms with E-state index in [4.69, 9.17) is 9.47 Å². The Balaban J connectivity index is 1.95. The quantitative estimate of drug-likeness (QED) is 0.686. The number of methoxy groups -OCH3 is 1. The molecule has 3 rings (SSSR count). The van der Waals surface area contributed by atoms with Crippen LogP contribution in [0.2, 0.25) is 0 Å². The molecule has 0 aliphatic carbocycles. The average Bonchev–Trinajstić information content (AvgIpc) is 2.99. The number of carbonyl (C=O) groups is 1. The molecule has 140 valence electrons. The summed E-state index contributed by atoms with van der Waals surface area (Å²) in [4.78, 5) is 19.2. The van der Waals surface area contributed by atoms with Gasteiger partial charge in [-0.15, -0.1) is 0 Å². The van der Waals surface area contributed by atoms with Crippen LogP contribution < -0.4 is 14.4 Å². The van der Waals surface area contributed by atoms with Gasteiger partial charge in [-0.25, -0.2) is 4.99 Å². The molecule has 1 amide bonds. The molecule has 0 spiro atoms. The summed E-state index contributed by atoms with van der Waals surface area (Å²) in [7, 11) is 1.60. The molecule has 5 nitrogen and oxygen atoms in total. The van der Waals surface area contributed by atoms with Gasteiger partial charge in [-0.05, 0) is 48.6 Å². The standard InChI is InChI=1S/C21H22N2O3S/c1-4-26-18-12-11-15(14-19(18)25-3)13-17-20(24)23(21(22-17)27-5-2)16-9-7-6-8-10-16/h6-14H,4-5H2,1-3H3. The Bertz CT molecular complexity index is 878. The molecule has 0 unspecified atom stereocenters. The van der Waals surface area contributed by atoms with Gasteiger partial charge in [-0.2, -0.15) is 0 Å². The molecule has 1 aliphatic heterocycles. The molecule has 0 atom stereocenters. The van der Waals surface area contributed by atoms with Gasteiger partial charge in [0.1, 0.15) is 5.70 Å². The third-order valence-corrected chi connectivity index (χ3v) is 4.73. The zero-order valence-corrected chi connectivity index (χ0v) is 16.5. The monoisotopic (exact) mass is 382 g/mol. The number of rotatable bonds is 6. The molecule has 0 saturated heterocycles. The van der Waals surface area contributed by atoms with E-state index in [1.165, 1.54) is 0 Å². The van der Waals surface area contributed by atoms with Crippen molar-refractivity contribution in [3.8, 4) is 11.5 Å². The highest BCUT2D eigenvalue weighted by molar-refractivity contribution is 8.14. The molecule has 1 heterocycles. The van der Waals surface area contributed by atoms with E-state index in [1.807, 2.05) is 62.4 Å². The number of hydrogen-bond donors (Lipinski definition) is 0. The van der Waals surface area contributed by atoms with Gasteiger partial charge in [0.05, 0.1) is 19.4 Å². The van der Waals surface area contributed by atoms with E-state index >= 15 is 0 Å². The molecule has 1 aliphatic rings. The maximum atomic E-state index is 13.0. The molecule has 0 aromatic heterocycles. The van der Waals surface area contributed by atoms with Crippen LogP contribution in [-0.2, 0) is 4.79 Å². The van der Waals surface area contributed by atoms with E-state index in [0.29, 0.717) is 29.0 Å². The van der Waals surface area contributed by atoms with E-state index in [-0.39, 0.29) is 5.91 Å². The number of ether oxygens (including phenoxy) is 2. The van der Waals surface area contributed by atoms with Gasteiger partial charge in [0, 0.05) is 0 Å². The van der Waals surface area contributed by atoms with Gasteiger partial charge in [0.2, 0.25) is 0 Å². The zero-order valence-electron chi connectivity index (χ0n) is 15.6. The summed E-state index contributed by atoms with van der Waals surface area (Å²) in [5.41, 5.74) is 2.05. The molecule has 0 bridgehead atoms. The number of benzene rings is 2. The third-order valence-electron chi connectivity index (χ3n) is 3.91. The number of anilines is 1. The number of aliphatic imine (C=N–C) groups is 1. The van der Waals surface area contributed by atoms with Crippen LogP contribution in [0.3, 0.4) is 0 Å². The van der Waals surface area contributed by atoms with Crippen molar-refractivity contribution in [3.63, 3.8) is 0 Å². The Labute approximate surface area is 163 Å². The smallest absolute Gasteiger partial charge is 0.283 e. The van der Waals surface area contributed by atoms with Gasteiger partial charge >= 0.3 is 0 Å². The number of amidine groups is 1. The summed E-state index contributed by atoms with van der Waals surface area (Å²) in [6.45, 7) is 4.52. The number of carbonyl (C=O) groups excluding carboxylic acids is 1. The Kier molecular flexibility index (Phi) is 6.19. The SMILES string of the molecule is CCOc1ccc(C=C2N=C(SCC)N(c3ccccc3)C2=O)cc1OC. The van der Waals surface area contributed by atoms with Crippen LogP contribution >= 0.6 is 11.8 Å². The van der Waals surface area contributed by atoms with Crippen molar-refractivity contribution >= 4 is 34.6 Å². The Hall–Kier alpha value is -2.73. The minimum atomic E-state index is -0.134. The number of thioether (sulfide) groups is 1. The zero-order chi connectivity index (χ0) is 19.2. The molecule has 0 saturated carbocycles. The van der Waals surface area contributed by atoms with Crippen molar-refractivity contribution in [2.45, 2.75) is 13.8 Å². The molecule has 0 radical (unpaired) electrons. The molecule has 2 aromatic carbocycles. The molecule has 6 heteroatoms. The fourth-order valence-electron chi connectivity index (χ4n) is 2.73. The van der Waals surface area contributed by atoms with Crippen LogP contribution in [-0.4, -0.2) is 30.5 Å². The third kappa shape index (κ3) is 4.17. The van der Waals surface area contributed by atoms with Gasteiger partial charge in [0.25, 0.3) is 5.91 Å². The summed E-state index contributed by atoms with van der Waals surface area (Å²) in [5.74, 6) is 2.00. The molecular formula is C21H22N2O3S. The van der Waals surface area contributed by atoms with Crippen LogP contribution in [0.15, 0.2) is 59.2 Å². The first kappa shape index (κ1) is 19.0. The maximum Gasteiger partial charge on any atom is 0.283 e. The van der Waals surface area contributed by atoms with Gasteiger partial charge in [-0.1, -0.05) is 43.0 Å². The lowest BCUT2D eigenvalue weighted by Crippen LogP contribution is -2.30. The van der Waals surface area contributed by atoms with E-state index in [1.54, 1.807) is 29.8 Å². The van der Waals surface area contributed by atoms with Crippen molar-refractivity contribution in [3.05, 3.63) is 59.8 Å². The van der Waals surface area contributed by atoms with Crippen LogP contribution in [0.25, 0.3) is 6.08 Å². The highest BCUT2D eigenvalue weighted by Gasteiger charge is 2.31. The van der Waals surface area contributed by atoms with Gasteiger partial charge in [0.15, 0.2) is 16.7 Å². The number of amides is 1. The topological polar surface area (TPSA) is 51.1 Å². The van der Waals surface area contributed by atoms with Crippen molar-refractivity contribution in [1.82, 2.24) is 0 Å². The predicted molar refractivity (Wildman–Crippen MR) is 112 cm³/mol. The van der Waals surface area contributed by atoms with Crippen molar-refractivity contribution in [2.24, 2.45) is 4.99 Å².